The Morgan fingerprint density at radius 1 is 1.00 bits per heavy atom. The summed E-state index contributed by atoms with van der Waals surface area (Å²) in [6.07, 6.45) is 0. The van der Waals surface area contributed by atoms with Crippen molar-refractivity contribution in [3.8, 4) is 34.0 Å². The van der Waals surface area contributed by atoms with Crippen LogP contribution in [0.2, 0.25) is 0 Å². The molecule has 3 aromatic rings. The lowest BCUT2D eigenvalue weighted by molar-refractivity contribution is -0.123. The molecule has 30 heavy (non-hydrogen) atoms. The Morgan fingerprint density at radius 2 is 1.57 bits per heavy atom. The number of amides is 1. The Hall–Kier alpha value is -2.93. The van der Waals surface area contributed by atoms with Gasteiger partial charge >= 0.3 is 0 Å². The zero-order valence-electron chi connectivity index (χ0n) is 17.7. The van der Waals surface area contributed by atoms with E-state index >= 15 is 0 Å². The average Bonchev–Trinajstić information content (AvgIpc) is 3.20. The van der Waals surface area contributed by atoms with Crippen LogP contribution in [0.4, 0.5) is 0 Å². The van der Waals surface area contributed by atoms with Gasteiger partial charge in [-0.15, -0.1) is 0 Å². The first-order valence-electron chi connectivity index (χ1n) is 9.81. The second-order valence-corrected chi connectivity index (χ2v) is 8.10. The number of hydrogen-bond acceptors (Lipinski definition) is 5. The van der Waals surface area contributed by atoms with E-state index in [2.05, 4.69) is 10.3 Å². The average molecular weight is 426 g/mol. The molecule has 1 aromatic heterocycles. The first kappa shape index (κ1) is 21.8. The van der Waals surface area contributed by atoms with Gasteiger partial charge in [0.05, 0.1) is 25.6 Å². The highest BCUT2D eigenvalue weighted by Gasteiger charge is 2.15. The van der Waals surface area contributed by atoms with Gasteiger partial charge in [-0.2, -0.15) is 0 Å². The summed E-state index contributed by atoms with van der Waals surface area (Å²) in [6.45, 7) is 4.37. The number of thioether (sulfide) groups is 1. The Balaban J connectivity index is 1.83. The Kier molecular flexibility index (Phi) is 7.41. The van der Waals surface area contributed by atoms with Crippen LogP contribution in [0.3, 0.4) is 0 Å². The molecule has 1 amide bonds. The first-order chi connectivity index (χ1) is 14.5. The Morgan fingerprint density at radius 3 is 2.10 bits per heavy atom. The quantitative estimate of drug-likeness (QED) is 0.386. The maximum Gasteiger partial charge on any atom is 0.222 e. The SMILES string of the molecule is COc1ccc(-c2nc(SCCNC(=O)C(C)C)[nH]c2-c2ccc(OC)cc2)cc1. The number of ether oxygens (including phenoxy) is 2. The number of nitrogens with one attached hydrogen (secondary N) is 2. The van der Waals surface area contributed by atoms with Gasteiger partial charge in [0.15, 0.2) is 5.16 Å². The van der Waals surface area contributed by atoms with Gasteiger partial charge in [-0.3, -0.25) is 4.79 Å². The van der Waals surface area contributed by atoms with E-state index in [-0.39, 0.29) is 11.8 Å². The number of carbonyl (C=O) groups is 1. The van der Waals surface area contributed by atoms with Gasteiger partial charge in [0.25, 0.3) is 0 Å². The summed E-state index contributed by atoms with van der Waals surface area (Å²) < 4.78 is 10.5. The van der Waals surface area contributed by atoms with Gasteiger partial charge in [0.1, 0.15) is 11.5 Å². The fraction of sp³-hybridized carbons (Fsp3) is 0.304. The zero-order chi connectivity index (χ0) is 21.5. The minimum atomic E-state index is -0.0121. The van der Waals surface area contributed by atoms with E-state index in [1.165, 1.54) is 0 Å². The normalized spacial score (nSPS) is 10.8. The highest BCUT2D eigenvalue weighted by molar-refractivity contribution is 7.99. The van der Waals surface area contributed by atoms with Crippen LogP contribution in [0.1, 0.15) is 13.8 Å². The Labute approximate surface area is 181 Å². The topological polar surface area (TPSA) is 76.2 Å². The van der Waals surface area contributed by atoms with E-state index < -0.39 is 0 Å². The molecule has 0 aliphatic carbocycles. The number of aromatic nitrogens is 2. The summed E-state index contributed by atoms with van der Waals surface area (Å²) in [7, 11) is 3.31. The summed E-state index contributed by atoms with van der Waals surface area (Å²) >= 11 is 1.58. The molecule has 0 bridgehead atoms. The smallest absolute Gasteiger partial charge is 0.222 e. The molecule has 0 aliphatic heterocycles. The van der Waals surface area contributed by atoms with Crippen LogP contribution in [0.15, 0.2) is 53.7 Å². The predicted molar refractivity (Wildman–Crippen MR) is 121 cm³/mol. The number of H-pyrrole nitrogens is 1. The molecule has 0 fully saturated rings. The lowest BCUT2D eigenvalue weighted by atomic mass is 10.0. The molecule has 0 radical (unpaired) electrons. The second kappa shape index (κ2) is 10.2. The largest absolute Gasteiger partial charge is 0.497 e. The number of hydrogen-bond donors (Lipinski definition) is 2. The third-order valence-electron chi connectivity index (χ3n) is 4.59. The van der Waals surface area contributed by atoms with Gasteiger partial charge in [0.2, 0.25) is 5.91 Å². The molecule has 0 spiro atoms. The highest BCUT2D eigenvalue weighted by atomic mass is 32.2. The summed E-state index contributed by atoms with van der Waals surface area (Å²) in [5.41, 5.74) is 3.83. The van der Waals surface area contributed by atoms with Gasteiger partial charge in [-0.25, -0.2) is 4.98 Å². The molecule has 6 nitrogen and oxygen atoms in total. The predicted octanol–water partition coefficient (Wildman–Crippen LogP) is 4.63. The van der Waals surface area contributed by atoms with E-state index in [0.29, 0.717) is 6.54 Å². The van der Waals surface area contributed by atoms with Crippen molar-refractivity contribution in [2.24, 2.45) is 5.92 Å². The maximum atomic E-state index is 11.7. The molecule has 1 heterocycles. The van der Waals surface area contributed by atoms with Crippen LogP contribution in [0, 0.1) is 5.92 Å². The summed E-state index contributed by atoms with van der Waals surface area (Å²) in [5.74, 6) is 2.39. The molecule has 7 heteroatoms. The highest BCUT2D eigenvalue weighted by Crippen LogP contribution is 2.34. The third-order valence-corrected chi connectivity index (χ3v) is 5.46. The Bertz CT molecular complexity index is 901. The van der Waals surface area contributed by atoms with Gasteiger partial charge in [-0.1, -0.05) is 25.6 Å². The van der Waals surface area contributed by atoms with E-state index in [9.17, 15) is 4.79 Å². The maximum absolute atomic E-state index is 11.7. The minimum Gasteiger partial charge on any atom is -0.497 e. The van der Waals surface area contributed by atoms with Crippen LogP contribution in [-0.2, 0) is 4.79 Å². The first-order valence-corrected chi connectivity index (χ1v) is 10.8. The second-order valence-electron chi connectivity index (χ2n) is 7.02. The van der Waals surface area contributed by atoms with E-state index in [1.54, 1.807) is 26.0 Å². The number of imidazole rings is 1. The summed E-state index contributed by atoms with van der Waals surface area (Å²) in [6, 6.07) is 15.7. The number of aromatic amines is 1. The molecule has 0 saturated carbocycles. The van der Waals surface area contributed by atoms with Crippen LogP contribution in [0.25, 0.3) is 22.5 Å². The lowest BCUT2D eigenvalue weighted by Crippen LogP contribution is -2.29. The molecule has 158 valence electrons. The standard InChI is InChI=1S/C23H27N3O3S/c1-15(2)22(27)24-13-14-30-23-25-20(16-5-9-18(28-3)10-6-16)21(26-23)17-7-11-19(29-4)12-8-17/h5-12,15H,13-14H2,1-4H3,(H,24,27)(H,25,26). The van der Waals surface area contributed by atoms with Crippen LogP contribution >= 0.6 is 11.8 Å². The van der Waals surface area contributed by atoms with Crippen LogP contribution in [-0.4, -0.2) is 42.4 Å². The van der Waals surface area contributed by atoms with Crippen LogP contribution in [0.5, 0.6) is 11.5 Å². The van der Waals surface area contributed by atoms with Gasteiger partial charge < -0.3 is 19.8 Å². The van der Waals surface area contributed by atoms with Crippen molar-refractivity contribution >= 4 is 17.7 Å². The molecular formula is C23H27N3O3S. The summed E-state index contributed by atoms with van der Waals surface area (Å²) in [4.78, 5) is 20.0. The van der Waals surface area contributed by atoms with Crippen molar-refractivity contribution in [3.63, 3.8) is 0 Å². The van der Waals surface area contributed by atoms with Crippen molar-refractivity contribution in [2.45, 2.75) is 19.0 Å². The lowest BCUT2D eigenvalue weighted by Gasteiger charge is -2.06. The van der Waals surface area contributed by atoms with E-state index in [1.807, 2.05) is 62.4 Å². The van der Waals surface area contributed by atoms with Crippen molar-refractivity contribution in [1.29, 1.82) is 0 Å². The minimum absolute atomic E-state index is 0.0121. The molecule has 0 aliphatic rings. The molecular weight excluding hydrogens is 398 g/mol. The number of carbonyl (C=O) groups excluding carboxylic acids is 1. The number of rotatable bonds is 9. The van der Waals surface area contributed by atoms with Crippen molar-refractivity contribution in [3.05, 3.63) is 48.5 Å². The molecule has 2 aromatic carbocycles. The van der Waals surface area contributed by atoms with E-state index in [0.717, 1.165) is 44.9 Å². The molecule has 0 atom stereocenters. The fourth-order valence-corrected chi connectivity index (χ4v) is 3.60. The fourth-order valence-electron chi connectivity index (χ4n) is 2.87. The summed E-state index contributed by atoms with van der Waals surface area (Å²) in [5, 5.41) is 3.74. The third kappa shape index (κ3) is 5.36. The van der Waals surface area contributed by atoms with Crippen molar-refractivity contribution in [2.75, 3.05) is 26.5 Å². The molecule has 0 saturated heterocycles. The van der Waals surface area contributed by atoms with Crippen molar-refractivity contribution < 1.29 is 14.3 Å². The molecule has 3 rings (SSSR count). The van der Waals surface area contributed by atoms with Crippen LogP contribution < -0.4 is 14.8 Å². The number of benzene rings is 2. The number of methoxy groups -OCH3 is 2. The molecule has 0 unspecified atom stereocenters. The van der Waals surface area contributed by atoms with E-state index in [4.69, 9.17) is 14.5 Å². The zero-order valence-corrected chi connectivity index (χ0v) is 18.5. The van der Waals surface area contributed by atoms with Crippen molar-refractivity contribution in [1.82, 2.24) is 15.3 Å². The van der Waals surface area contributed by atoms with Gasteiger partial charge in [-0.05, 0) is 48.5 Å². The molecule has 2 N–H and O–H groups in total. The van der Waals surface area contributed by atoms with Gasteiger partial charge in [0, 0.05) is 29.3 Å². The number of nitrogens with zero attached hydrogens (tertiary/aromatic N) is 1. The monoisotopic (exact) mass is 425 g/mol.